The minimum atomic E-state index is -3.85. The van der Waals surface area contributed by atoms with Crippen LogP contribution in [0.2, 0.25) is 5.15 Å². The molecule has 0 saturated heterocycles. The van der Waals surface area contributed by atoms with Crippen LogP contribution in [0.5, 0.6) is 0 Å². The van der Waals surface area contributed by atoms with Crippen LogP contribution >= 0.6 is 11.6 Å². The normalized spacial score (nSPS) is 11.7. The van der Waals surface area contributed by atoms with Crippen molar-refractivity contribution < 1.29 is 8.42 Å². The first-order valence-corrected chi connectivity index (χ1v) is 7.70. The highest BCUT2D eigenvalue weighted by Gasteiger charge is 2.20. The summed E-state index contributed by atoms with van der Waals surface area (Å²) in [6, 6.07) is 6.42. The molecule has 0 amide bonds. The summed E-state index contributed by atoms with van der Waals surface area (Å²) in [7, 11) is -3.85. The number of halogens is 1. The van der Waals surface area contributed by atoms with Crippen molar-refractivity contribution in [1.82, 2.24) is 15.0 Å². The number of sulfonamides is 1. The number of hydrogen-bond acceptors (Lipinski definition) is 5. The van der Waals surface area contributed by atoms with Crippen LogP contribution in [0, 0.1) is 0 Å². The molecular weight excluding hydrogens is 314 g/mol. The lowest BCUT2D eigenvalue weighted by molar-refractivity contribution is 0.601. The largest absolute Gasteiger partial charge is 0.399 e. The van der Waals surface area contributed by atoms with Gasteiger partial charge in [0.2, 0.25) is 5.95 Å². The van der Waals surface area contributed by atoms with E-state index in [0.717, 1.165) is 0 Å². The molecule has 7 nitrogen and oxygen atoms in total. The lowest BCUT2D eigenvalue weighted by Gasteiger charge is -2.05. The zero-order valence-electron chi connectivity index (χ0n) is 10.5. The fraction of sp³-hybridized carbons (Fsp3) is 0. The molecule has 108 valence electrons. The molecule has 2 aromatic heterocycles. The molecule has 1 aromatic carbocycles. The number of H-pyrrole nitrogens is 1. The first-order chi connectivity index (χ1) is 9.95. The molecule has 9 heteroatoms. The van der Waals surface area contributed by atoms with E-state index in [9.17, 15) is 8.42 Å². The number of nitrogens with one attached hydrogen (secondary N) is 2. The predicted octanol–water partition coefficient (Wildman–Crippen LogP) is 1.99. The van der Waals surface area contributed by atoms with Gasteiger partial charge in [0.25, 0.3) is 10.0 Å². The van der Waals surface area contributed by atoms with Crippen LogP contribution in [-0.2, 0) is 10.0 Å². The Hall–Kier alpha value is -2.32. The highest BCUT2D eigenvalue weighted by Crippen LogP contribution is 2.25. The Morgan fingerprint density at radius 3 is 2.86 bits per heavy atom. The van der Waals surface area contributed by atoms with E-state index in [2.05, 4.69) is 19.7 Å². The van der Waals surface area contributed by atoms with Gasteiger partial charge in [-0.1, -0.05) is 11.6 Å². The fourth-order valence-electron chi connectivity index (χ4n) is 1.90. The molecule has 0 saturated carbocycles. The number of rotatable bonds is 3. The van der Waals surface area contributed by atoms with E-state index in [1.165, 1.54) is 18.5 Å². The van der Waals surface area contributed by atoms with E-state index in [1.54, 1.807) is 18.2 Å². The van der Waals surface area contributed by atoms with Gasteiger partial charge in [0.05, 0.1) is 0 Å². The highest BCUT2D eigenvalue weighted by atomic mass is 35.5. The first kappa shape index (κ1) is 13.7. The summed E-state index contributed by atoms with van der Waals surface area (Å²) in [6.45, 7) is 0. The zero-order valence-corrected chi connectivity index (χ0v) is 12.1. The topological polar surface area (TPSA) is 114 Å². The molecule has 2 heterocycles. The van der Waals surface area contributed by atoms with Crippen molar-refractivity contribution >= 4 is 44.2 Å². The van der Waals surface area contributed by atoms with Crippen LogP contribution in [0.25, 0.3) is 10.9 Å². The summed E-state index contributed by atoms with van der Waals surface area (Å²) in [5.74, 6) is -0.0965. The molecule has 0 bridgehead atoms. The van der Waals surface area contributed by atoms with Crippen LogP contribution in [-0.4, -0.2) is 23.4 Å². The average molecular weight is 324 g/mol. The van der Waals surface area contributed by atoms with Crippen LogP contribution in [0.3, 0.4) is 0 Å². The fourth-order valence-corrected chi connectivity index (χ4v) is 3.15. The van der Waals surface area contributed by atoms with E-state index in [-0.39, 0.29) is 16.0 Å². The van der Waals surface area contributed by atoms with Gasteiger partial charge in [0.1, 0.15) is 10.0 Å². The Kier molecular flexibility index (Phi) is 3.19. The molecule has 0 aliphatic heterocycles. The Morgan fingerprint density at radius 2 is 2.10 bits per heavy atom. The molecule has 0 aliphatic rings. The molecule has 0 fully saturated rings. The van der Waals surface area contributed by atoms with E-state index in [0.29, 0.717) is 16.6 Å². The molecular formula is C12H10ClN5O2S. The summed E-state index contributed by atoms with van der Waals surface area (Å²) in [5, 5.41) is 0.635. The number of nitrogen functional groups attached to an aromatic ring is 1. The number of aromatic amines is 1. The molecule has 0 unspecified atom stereocenters. The molecule has 3 aromatic rings. The van der Waals surface area contributed by atoms with Gasteiger partial charge in [-0.3, -0.25) is 0 Å². The van der Waals surface area contributed by atoms with E-state index in [1.807, 2.05) is 0 Å². The Labute approximate surface area is 125 Å². The molecule has 4 N–H and O–H groups in total. The van der Waals surface area contributed by atoms with Crippen molar-refractivity contribution in [3.05, 3.63) is 41.8 Å². The third kappa shape index (κ3) is 2.63. The van der Waals surface area contributed by atoms with Crippen molar-refractivity contribution in [2.45, 2.75) is 4.90 Å². The number of nitrogens with zero attached hydrogens (tertiary/aromatic N) is 2. The van der Waals surface area contributed by atoms with Gasteiger partial charge < -0.3 is 10.7 Å². The average Bonchev–Trinajstić information content (AvgIpc) is 2.81. The number of nitrogens with two attached hydrogens (primary N) is 1. The Balaban J connectivity index is 2.06. The quantitative estimate of drug-likeness (QED) is 0.504. The highest BCUT2D eigenvalue weighted by molar-refractivity contribution is 7.93. The third-order valence-electron chi connectivity index (χ3n) is 2.80. The molecule has 21 heavy (non-hydrogen) atoms. The van der Waals surface area contributed by atoms with Crippen molar-refractivity contribution in [1.29, 1.82) is 0 Å². The van der Waals surface area contributed by atoms with Crippen molar-refractivity contribution in [3.8, 4) is 0 Å². The Morgan fingerprint density at radius 1 is 1.29 bits per heavy atom. The van der Waals surface area contributed by atoms with Crippen LogP contribution < -0.4 is 10.5 Å². The second-order valence-corrected chi connectivity index (χ2v) is 6.30. The smallest absolute Gasteiger partial charge is 0.266 e. The standard InChI is InChI=1S/C12H10ClN5O2S/c13-11-3-4-15-12(17-11)18-21(19,20)10-6-16-9-2-1-7(14)5-8(9)10/h1-6,16H,14H2,(H,15,17,18). The van der Waals surface area contributed by atoms with Crippen molar-refractivity contribution in [3.63, 3.8) is 0 Å². The van der Waals surface area contributed by atoms with Crippen LogP contribution in [0.4, 0.5) is 11.6 Å². The van der Waals surface area contributed by atoms with E-state index < -0.39 is 10.0 Å². The van der Waals surface area contributed by atoms with E-state index in [4.69, 9.17) is 17.3 Å². The van der Waals surface area contributed by atoms with Gasteiger partial charge in [-0.2, -0.15) is 0 Å². The minimum Gasteiger partial charge on any atom is -0.399 e. The summed E-state index contributed by atoms with van der Waals surface area (Å²) in [4.78, 5) is 10.5. The number of aromatic nitrogens is 3. The minimum absolute atomic E-state index is 0.0633. The van der Waals surface area contributed by atoms with Gasteiger partial charge >= 0.3 is 0 Å². The monoisotopic (exact) mass is 323 g/mol. The Bertz CT molecular complexity index is 922. The molecule has 3 rings (SSSR count). The van der Waals surface area contributed by atoms with Crippen molar-refractivity contribution in [2.75, 3.05) is 10.5 Å². The van der Waals surface area contributed by atoms with Crippen LogP contribution in [0.15, 0.2) is 41.6 Å². The first-order valence-electron chi connectivity index (χ1n) is 5.84. The summed E-state index contributed by atoms with van der Waals surface area (Å²) in [5.41, 5.74) is 6.83. The number of anilines is 2. The van der Waals surface area contributed by atoms with E-state index >= 15 is 0 Å². The van der Waals surface area contributed by atoms with Crippen LogP contribution in [0.1, 0.15) is 0 Å². The molecule has 0 aliphatic carbocycles. The van der Waals surface area contributed by atoms with Crippen molar-refractivity contribution in [2.24, 2.45) is 0 Å². The number of benzene rings is 1. The van der Waals surface area contributed by atoms with Gasteiger partial charge in [-0.25, -0.2) is 23.1 Å². The summed E-state index contributed by atoms with van der Waals surface area (Å²) in [6.07, 6.45) is 2.75. The second-order valence-electron chi connectivity index (χ2n) is 4.27. The summed E-state index contributed by atoms with van der Waals surface area (Å²) >= 11 is 5.71. The molecule has 0 atom stereocenters. The lowest BCUT2D eigenvalue weighted by atomic mass is 10.2. The lowest BCUT2D eigenvalue weighted by Crippen LogP contribution is -2.14. The summed E-state index contributed by atoms with van der Waals surface area (Å²) < 4.78 is 27.1. The van der Waals surface area contributed by atoms with Gasteiger partial charge in [0, 0.05) is 29.0 Å². The third-order valence-corrected chi connectivity index (χ3v) is 4.38. The molecule has 0 spiro atoms. The maximum absolute atomic E-state index is 12.4. The van der Waals surface area contributed by atoms with Gasteiger partial charge in [0.15, 0.2) is 0 Å². The predicted molar refractivity (Wildman–Crippen MR) is 80.6 cm³/mol. The van der Waals surface area contributed by atoms with Gasteiger partial charge in [-0.15, -0.1) is 0 Å². The second kappa shape index (κ2) is 4.90. The maximum Gasteiger partial charge on any atom is 0.266 e. The maximum atomic E-state index is 12.4. The SMILES string of the molecule is Nc1ccc2[nH]cc(S(=O)(=O)Nc3nccc(Cl)n3)c2c1. The number of fused-ring (bicyclic) bond motifs is 1. The van der Waals surface area contributed by atoms with Gasteiger partial charge in [-0.05, 0) is 24.3 Å². The number of hydrogen-bond donors (Lipinski definition) is 3. The molecule has 0 radical (unpaired) electrons. The zero-order chi connectivity index (χ0) is 15.0.